The van der Waals surface area contributed by atoms with Gasteiger partial charge >= 0.3 is 0 Å². The van der Waals surface area contributed by atoms with Gasteiger partial charge in [-0.3, -0.25) is 14.3 Å². The summed E-state index contributed by atoms with van der Waals surface area (Å²) in [5.74, 6) is -0.0665. The molecule has 0 radical (unpaired) electrons. The van der Waals surface area contributed by atoms with Gasteiger partial charge < -0.3 is 15.1 Å². The van der Waals surface area contributed by atoms with Gasteiger partial charge in [0.05, 0.1) is 17.8 Å². The van der Waals surface area contributed by atoms with Crippen molar-refractivity contribution in [3.63, 3.8) is 0 Å². The number of aromatic nitrogens is 2. The highest BCUT2D eigenvalue weighted by Crippen LogP contribution is 2.20. The van der Waals surface area contributed by atoms with Crippen molar-refractivity contribution in [1.82, 2.24) is 9.78 Å². The Morgan fingerprint density at radius 3 is 2.50 bits per heavy atom. The molecule has 2 amide bonds. The number of nitrogens with one attached hydrogen (secondary N) is 2. The topological polar surface area (TPSA) is 89.2 Å². The van der Waals surface area contributed by atoms with Crippen LogP contribution in [0.4, 0.5) is 11.4 Å². The monoisotopic (exact) mass is 420 g/mol. The Morgan fingerprint density at radius 2 is 1.73 bits per heavy atom. The zero-order chi connectivity index (χ0) is 20.9. The number of furan rings is 1. The molecule has 0 aliphatic carbocycles. The van der Waals surface area contributed by atoms with Crippen molar-refractivity contribution in [3.05, 3.63) is 101 Å². The molecule has 2 N–H and O–H groups in total. The smallest absolute Gasteiger partial charge is 0.291 e. The largest absolute Gasteiger partial charge is 0.454 e. The summed E-state index contributed by atoms with van der Waals surface area (Å²) in [5.41, 5.74) is 1.29. The fourth-order valence-electron chi connectivity index (χ4n) is 2.84. The number of nitrogens with zero attached hydrogens (tertiary/aromatic N) is 2. The lowest BCUT2D eigenvalue weighted by atomic mass is 10.1. The second-order valence-corrected chi connectivity index (χ2v) is 6.87. The van der Waals surface area contributed by atoms with Gasteiger partial charge in [0.25, 0.3) is 11.8 Å². The highest BCUT2D eigenvalue weighted by Gasteiger charge is 2.17. The van der Waals surface area contributed by atoms with E-state index >= 15 is 0 Å². The minimum atomic E-state index is -0.451. The first kappa shape index (κ1) is 19.5. The zero-order valence-corrected chi connectivity index (χ0v) is 16.5. The van der Waals surface area contributed by atoms with Crippen LogP contribution in [0, 0.1) is 0 Å². The van der Waals surface area contributed by atoms with Gasteiger partial charge in [0, 0.05) is 23.1 Å². The number of para-hydroxylation sites is 1. The first-order chi connectivity index (χ1) is 14.6. The predicted molar refractivity (Wildman–Crippen MR) is 114 cm³/mol. The van der Waals surface area contributed by atoms with Gasteiger partial charge in [-0.15, -0.1) is 0 Å². The van der Waals surface area contributed by atoms with Crippen LogP contribution in [0.25, 0.3) is 0 Å². The van der Waals surface area contributed by atoms with E-state index in [-0.39, 0.29) is 11.7 Å². The molecule has 0 bridgehead atoms. The van der Waals surface area contributed by atoms with E-state index in [2.05, 4.69) is 15.7 Å². The van der Waals surface area contributed by atoms with E-state index in [4.69, 9.17) is 16.0 Å². The first-order valence-electron chi connectivity index (χ1n) is 9.12. The lowest BCUT2D eigenvalue weighted by Gasteiger charge is -2.11. The molecule has 0 fully saturated rings. The highest BCUT2D eigenvalue weighted by atomic mass is 35.5. The molecule has 4 rings (SSSR count). The molecule has 2 aromatic heterocycles. The third-order valence-corrected chi connectivity index (χ3v) is 4.54. The average Bonchev–Trinajstić information content (AvgIpc) is 3.43. The van der Waals surface area contributed by atoms with E-state index in [1.165, 1.54) is 0 Å². The summed E-state index contributed by atoms with van der Waals surface area (Å²) in [6.07, 6.45) is 3.47. The summed E-state index contributed by atoms with van der Waals surface area (Å²) in [6, 6.07) is 18.6. The zero-order valence-electron chi connectivity index (χ0n) is 15.7. The second kappa shape index (κ2) is 8.67. The lowest BCUT2D eigenvalue weighted by molar-refractivity contribution is 0.0994. The molecule has 0 saturated heterocycles. The molecule has 4 aromatic rings. The minimum Gasteiger partial charge on any atom is -0.454 e. The standard InChI is InChI=1S/C22H17ClN4O3/c23-15-6-8-16(9-7-15)25-21(28)18-4-1-2-5-19(18)26-22(29)20-11-10-17(30-20)14-27-13-3-12-24-27/h1-13H,14H2,(H,25,28)(H,26,29). The second-order valence-electron chi connectivity index (χ2n) is 6.43. The molecule has 0 spiro atoms. The number of halogens is 1. The number of amides is 2. The van der Waals surface area contributed by atoms with Gasteiger partial charge in [-0.05, 0) is 54.6 Å². The summed E-state index contributed by atoms with van der Waals surface area (Å²) in [5, 5.41) is 10.2. The van der Waals surface area contributed by atoms with Crippen molar-refractivity contribution in [2.75, 3.05) is 10.6 Å². The molecule has 2 aromatic carbocycles. The van der Waals surface area contributed by atoms with Crippen LogP contribution in [0.1, 0.15) is 26.7 Å². The predicted octanol–water partition coefficient (Wildman–Crippen LogP) is 4.68. The minimum absolute atomic E-state index is 0.144. The Labute approximate surface area is 177 Å². The summed E-state index contributed by atoms with van der Waals surface area (Å²) in [7, 11) is 0. The van der Waals surface area contributed by atoms with Crippen LogP contribution < -0.4 is 10.6 Å². The van der Waals surface area contributed by atoms with Gasteiger partial charge in [0.1, 0.15) is 5.76 Å². The Morgan fingerprint density at radius 1 is 0.933 bits per heavy atom. The maximum atomic E-state index is 12.7. The Balaban J connectivity index is 1.47. The van der Waals surface area contributed by atoms with Gasteiger partial charge in [0.15, 0.2) is 5.76 Å². The van der Waals surface area contributed by atoms with Crippen molar-refractivity contribution < 1.29 is 14.0 Å². The molecule has 0 saturated carbocycles. The quantitative estimate of drug-likeness (QED) is 0.474. The van der Waals surface area contributed by atoms with Crippen LogP contribution in [-0.2, 0) is 6.54 Å². The molecule has 150 valence electrons. The van der Waals surface area contributed by atoms with Crippen molar-refractivity contribution in [2.24, 2.45) is 0 Å². The normalized spacial score (nSPS) is 10.6. The Bertz CT molecular complexity index is 1170. The molecule has 2 heterocycles. The number of rotatable bonds is 6. The summed E-state index contributed by atoms with van der Waals surface area (Å²) in [4.78, 5) is 25.3. The maximum Gasteiger partial charge on any atom is 0.291 e. The van der Waals surface area contributed by atoms with E-state index in [0.717, 1.165) is 0 Å². The molecule has 7 nitrogen and oxygen atoms in total. The van der Waals surface area contributed by atoms with Crippen LogP contribution in [0.15, 0.2) is 83.5 Å². The Kier molecular flexibility index (Phi) is 5.63. The van der Waals surface area contributed by atoms with Crippen LogP contribution in [0.2, 0.25) is 5.02 Å². The van der Waals surface area contributed by atoms with Gasteiger partial charge in [-0.2, -0.15) is 5.10 Å². The van der Waals surface area contributed by atoms with Crippen molar-refractivity contribution >= 4 is 34.8 Å². The van der Waals surface area contributed by atoms with Crippen molar-refractivity contribution in [2.45, 2.75) is 6.54 Å². The maximum absolute atomic E-state index is 12.7. The molecule has 8 heteroatoms. The third-order valence-electron chi connectivity index (χ3n) is 4.28. The number of carbonyl (C=O) groups excluding carboxylic acids is 2. The summed E-state index contributed by atoms with van der Waals surface area (Å²) < 4.78 is 7.30. The number of benzene rings is 2. The molecule has 0 aliphatic heterocycles. The number of hydrogen-bond acceptors (Lipinski definition) is 4. The van der Waals surface area contributed by atoms with Gasteiger partial charge in [-0.1, -0.05) is 23.7 Å². The molecular formula is C22H17ClN4O3. The highest BCUT2D eigenvalue weighted by molar-refractivity contribution is 6.30. The fourth-order valence-corrected chi connectivity index (χ4v) is 2.97. The van der Waals surface area contributed by atoms with Crippen LogP contribution >= 0.6 is 11.6 Å². The third kappa shape index (κ3) is 4.59. The van der Waals surface area contributed by atoms with Crippen molar-refractivity contribution in [1.29, 1.82) is 0 Å². The molecule has 0 aliphatic rings. The SMILES string of the molecule is O=C(Nc1ccccc1C(=O)Nc1ccc(Cl)cc1)c1ccc(Cn2cccn2)o1. The van der Waals surface area contributed by atoms with E-state index in [1.807, 2.05) is 6.07 Å². The number of carbonyl (C=O) groups is 2. The number of hydrogen-bond donors (Lipinski definition) is 2. The molecular weight excluding hydrogens is 404 g/mol. The number of anilines is 2. The van der Waals surface area contributed by atoms with Crippen LogP contribution in [0.5, 0.6) is 0 Å². The van der Waals surface area contributed by atoms with Gasteiger partial charge in [-0.25, -0.2) is 0 Å². The Hall–Kier alpha value is -3.84. The van der Waals surface area contributed by atoms with E-state index in [9.17, 15) is 9.59 Å². The summed E-state index contributed by atoms with van der Waals surface area (Å²) in [6.45, 7) is 0.417. The summed E-state index contributed by atoms with van der Waals surface area (Å²) >= 11 is 5.87. The fraction of sp³-hybridized carbons (Fsp3) is 0.0455. The van der Waals surface area contributed by atoms with Crippen LogP contribution in [-0.4, -0.2) is 21.6 Å². The van der Waals surface area contributed by atoms with Crippen molar-refractivity contribution in [3.8, 4) is 0 Å². The molecule has 30 heavy (non-hydrogen) atoms. The molecule has 0 atom stereocenters. The van der Waals surface area contributed by atoms with Gasteiger partial charge in [0.2, 0.25) is 0 Å². The lowest BCUT2D eigenvalue weighted by Crippen LogP contribution is -2.18. The molecule has 0 unspecified atom stereocenters. The van der Waals surface area contributed by atoms with E-state index in [1.54, 1.807) is 77.7 Å². The van der Waals surface area contributed by atoms with E-state index in [0.29, 0.717) is 34.3 Å². The first-order valence-corrected chi connectivity index (χ1v) is 9.50. The van der Waals surface area contributed by atoms with E-state index < -0.39 is 5.91 Å². The van der Waals surface area contributed by atoms with Crippen LogP contribution in [0.3, 0.4) is 0 Å². The average molecular weight is 421 g/mol.